The van der Waals surface area contributed by atoms with Crippen LogP contribution in [-0.2, 0) is 15.6 Å². The Bertz CT molecular complexity index is 489. The standard InChI is InChI=1S/C13H18N2O3S2/c1-20(17)8-2-7-15-12(16)9-18-11-5-3-10(4-6-11)13(14)19/h3-6H,2,7-9H2,1H3,(H2,14,19)(H,15,16). The number of hydrogen-bond acceptors (Lipinski definition) is 4. The minimum atomic E-state index is -0.823. The van der Waals surface area contributed by atoms with Crippen LogP contribution < -0.4 is 15.8 Å². The van der Waals surface area contributed by atoms with E-state index in [1.54, 1.807) is 30.5 Å². The number of benzene rings is 1. The molecule has 1 aromatic rings. The second-order valence-corrected chi connectivity index (χ2v) is 6.15. The van der Waals surface area contributed by atoms with Gasteiger partial charge in [0.1, 0.15) is 10.7 Å². The highest BCUT2D eigenvalue weighted by molar-refractivity contribution is 7.84. The van der Waals surface area contributed by atoms with Crippen LogP contribution in [0.3, 0.4) is 0 Å². The molecule has 1 atom stereocenters. The van der Waals surface area contributed by atoms with Crippen molar-refractivity contribution < 1.29 is 13.7 Å². The van der Waals surface area contributed by atoms with Crippen LogP contribution in [0.2, 0.25) is 0 Å². The Balaban J connectivity index is 2.26. The number of carbonyl (C=O) groups excluding carboxylic acids is 1. The highest BCUT2D eigenvalue weighted by atomic mass is 32.2. The third-order valence-corrected chi connectivity index (χ3v) is 3.54. The monoisotopic (exact) mass is 314 g/mol. The van der Waals surface area contributed by atoms with E-state index in [-0.39, 0.29) is 12.5 Å². The first kappa shape index (κ1) is 16.6. The lowest BCUT2D eigenvalue weighted by Crippen LogP contribution is -2.30. The first-order chi connectivity index (χ1) is 9.49. The maximum Gasteiger partial charge on any atom is 0.257 e. The minimum Gasteiger partial charge on any atom is -0.484 e. The molecule has 0 aliphatic rings. The Morgan fingerprint density at radius 1 is 1.40 bits per heavy atom. The molecule has 1 rings (SSSR count). The van der Waals surface area contributed by atoms with Crippen LogP contribution in [0.5, 0.6) is 5.75 Å². The molecule has 0 fully saturated rings. The predicted molar refractivity (Wildman–Crippen MR) is 84.4 cm³/mol. The summed E-state index contributed by atoms with van der Waals surface area (Å²) >= 11 is 4.84. The van der Waals surface area contributed by atoms with E-state index >= 15 is 0 Å². The van der Waals surface area contributed by atoms with Gasteiger partial charge in [0, 0.05) is 34.9 Å². The molecule has 1 unspecified atom stereocenters. The SMILES string of the molecule is CS(=O)CCCNC(=O)COc1ccc(C(N)=S)cc1. The zero-order chi connectivity index (χ0) is 15.0. The van der Waals surface area contributed by atoms with Gasteiger partial charge in [-0.3, -0.25) is 9.00 Å². The lowest BCUT2D eigenvalue weighted by molar-refractivity contribution is -0.123. The molecule has 3 N–H and O–H groups in total. The van der Waals surface area contributed by atoms with E-state index in [1.807, 2.05) is 0 Å². The summed E-state index contributed by atoms with van der Waals surface area (Å²) in [6.07, 6.45) is 2.33. The number of amides is 1. The van der Waals surface area contributed by atoms with Crippen LogP contribution in [-0.4, -0.2) is 40.3 Å². The molecule has 5 nitrogen and oxygen atoms in total. The largest absolute Gasteiger partial charge is 0.484 e. The lowest BCUT2D eigenvalue weighted by atomic mass is 10.2. The zero-order valence-corrected chi connectivity index (χ0v) is 12.9. The molecule has 0 aliphatic carbocycles. The fraction of sp³-hybridized carbons (Fsp3) is 0.385. The van der Waals surface area contributed by atoms with Crippen molar-refractivity contribution in [2.75, 3.05) is 25.2 Å². The molecule has 0 bridgehead atoms. The van der Waals surface area contributed by atoms with Gasteiger partial charge in [0.15, 0.2) is 6.61 Å². The van der Waals surface area contributed by atoms with Crippen LogP contribution in [0.25, 0.3) is 0 Å². The van der Waals surface area contributed by atoms with Crippen LogP contribution in [0.1, 0.15) is 12.0 Å². The molecule has 0 aromatic heterocycles. The smallest absolute Gasteiger partial charge is 0.257 e. The average Bonchev–Trinajstić information content (AvgIpc) is 2.41. The molecular weight excluding hydrogens is 296 g/mol. The molecular formula is C13H18N2O3S2. The molecule has 1 amide bonds. The molecule has 110 valence electrons. The highest BCUT2D eigenvalue weighted by Gasteiger charge is 2.03. The number of hydrogen-bond donors (Lipinski definition) is 2. The Morgan fingerprint density at radius 2 is 2.05 bits per heavy atom. The van der Waals surface area contributed by atoms with E-state index in [0.717, 1.165) is 5.56 Å². The van der Waals surface area contributed by atoms with E-state index in [9.17, 15) is 9.00 Å². The summed E-state index contributed by atoms with van der Waals surface area (Å²) in [5, 5.41) is 2.70. The maximum atomic E-state index is 11.5. The first-order valence-electron chi connectivity index (χ1n) is 6.08. The number of thiocarbonyl (C=S) groups is 1. The molecule has 1 aromatic carbocycles. The van der Waals surface area contributed by atoms with Gasteiger partial charge >= 0.3 is 0 Å². The molecule has 7 heteroatoms. The summed E-state index contributed by atoms with van der Waals surface area (Å²) in [6.45, 7) is 0.448. The first-order valence-corrected chi connectivity index (χ1v) is 8.22. The summed E-state index contributed by atoms with van der Waals surface area (Å²) in [5.41, 5.74) is 6.23. The van der Waals surface area contributed by atoms with Crippen molar-refractivity contribution in [1.82, 2.24) is 5.32 Å². The number of nitrogens with one attached hydrogen (secondary N) is 1. The fourth-order valence-electron chi connectivity index (χ4n) is 1.42. The quantitative estimate of drug-likeness (QED) is 0.542. The van der Waals surface area contributed by atoms with Crippen LogP contribution in [0.4, 0.5) is 0 Å². The van der Waals surface area contributed by atoms with Gasteiger partial charge in [0.05, 0.1) is 0 Å². The Labute approximate surface area is 126 Å². The number of carbonyl (C=O) groups is 1. The molecule has 0 heterocycles. The molecule has 0 aliphatic heterocycles. The van der Waals surface area contributed by atoms with E-state index in [2.05, 4.69) is 5.32 Å². The van der Waals surface area contributed by atoms with Gasteiger partial charge in [-0.1, -0.05) is 12.2 Å². The van der Waals surface area contributed by atoms with Gasteiger partial charge in [-0.2, -0.15) is 0 Å². The molecule has 0 radical (unpaired) electrons. The van der Waals surface area contributed by atoms with Crippen molar-refractivity contribution >= 4 is 33.9 Å². The number of rotatable bonds is 8. The molecule has 0 saturated heterocycles. The van der Waals surface area contributed by atoms with Crippen molar-refractivity contribution in [3.8, 4) is 5.75 Å². The Kier molecular flexibility index (Phi) is 7.17. The summed E-state index contributed by atoms with van der Waals surface area (Å²) < 4.78 is 16.2. The second-order valence-electron chi connectivity index (χ2n) is 4.16. The summed E-state index contributed by atoms with van der Waals surface area (Å²) in [7, 11) is -0.823. The zero-order valence-electron chi connectivity index (χ0n) is 11.3. The van der Waals surface area contributed by atoms with Gasteiger partial charge in [0.2, 0.25) is 0 Å². The molecule has 20 heavy (non-hydrogen) atoms. The summed E-state index contributed by atoms with van der Waals surface area (Å²) in [6, 6.07) is 6.91. The molecule has 0 spiro atoms. The third kappa shape index (κ3) is 6.63. The van der Waals surface area contributed by atoms with Crippen molar-refractivity contribution in [3.05, 3.63) is 29.8 Å². The van der Waals surface area contributed by atoms with E-state index in [1.165, 1.54) is 0 Å². The van der Waals surface area contributed by atoms with Crippen molar-refractivity contribution in [2.24, 2.45) is 5.73 Å². The van der Waals surface area contributed by atoms with Crippen LogP contribution in [0.15, 0.2) is 24.3 Å². The van der Waals surface area contributed by atoms with E-state index in [0.29, 0.717) is 29.5 Å². The van der Waals surface area contributed by atoms with Crippen molar-refractivity contribution in [3.63, 3.8) is 0 Å². The van der Waals surface area contributed by atoms with Gasteiger partial charge in [-0.05, 0) is 30.7 Å². The average molecular weight is 314 g/mol. The van der Waals surface area contributed by atoms with Gasteiger partial charge in [-0.25, -0.2) is 0 Å². The fourth-order valence-corrected chi connectivity index (χ4v) is 2.11. The van der Waals surface area contributed by atoms with Gasteiger partial charge in [0.25, 0.3) is 5.91 Å². The van der Waals surface area contributed by atoms with E-state index < -0.39 is 10.8 Å². The van der Waals surface area contributed by atoms with Crippen LogP contribution in [0, 0.1) is 0 Å². The summed E-state index contributed by atoms with van der Waals surface area (Å²) in [4.78, 5) is 11.8. The Hall–Kier alpha value is -1.47. The third-order valence-electron chi connectivity index (χ3n) is 2.44. The van der Waals surface area contributed by atoms with Gasteiger partial charge < -0.3 is 15.8 Å². The maximum absolute atomic E-state index is 11.5. The lowest BCUT2D eigenvalue weighted by Gasteiger charge is -2.07. The normalized spacial score (nSPS) is 11.7. The van der Waals surface area contributed by atoms with Crippen LogP contribution >= 0.6 is 12.2 Å². The van der Waals surface area contributed by atoms with E-state index in [4.69, 9.17) is 22.7 Å². The topological polar surface area (TPSA) is 81.4 Å². The Morgan fingerprint density at radius 3 is 2.60 bits per heavy atom. The van der Waals surface area contributed by atoms with Crippen molar-refractivity contribution in [2.45, 2.75) is 6.42 Å². The van der Waals surface area contributed by atoms with Crippen molar-refractivity contribution in [1.29, 1.82) is 0 Å². The second kappa shape index (κ2) is 8.65. The number of nitrogens with two attached hydrogens (primary N) is 1. The van der Waals surface area contributed by atoms with Gasteiger partial charge in [-0.15, -0.1) is 0 Å². The predicted octanol–water partition coefficient (Wildman–Crippen LogP) is 0.584. The summed E-state index contributed by atoms with van der Waals surface area (Å²) in [5.74, 6) is 0.960. The number of ether oxygens (including phenoxy) is 1. The molecule has 0 saturated carbocycles. The minimum absolute atomic E-state index is 0.0539. The highest BCUT2D eigenvalue weighted by Crippen LogP contribution is 2.11.